The maximum absolute atomic E-state index is 4.42. The van der Waals surface area contributed by atoms with E-state index in [1.807, 2.05) is 0 Å². The first-order valence-corrected chi connectivity index (χ1v) is 8.93. The molecule has 2 aliphatic heterocycles. The van der Waals surface area contributed by atoms with Crippen LogP contribution in [0.3, 0.4) is 0 Å². The van der Waals surface area contributed by atoms with Gasteiger partial charge in [-0.1, -0.05) is 24.3 Å². The van der Waals surface area contributed by atoms with Gasteiger partial charge < -0.3 is 9.80 Å². The van der Waals surface area contributed by atoms with E-state index < -0.39 is 0 Å². The Morgan fingerprint density at radius 3 is 2.74 bits per heavy atom. The SMILES string of the molecule is CN1CCN(CCC2C=CC(C3=C4C=CC=C4N=N3)CC2)CC1. The summed E-state index contributed by atoms with van der Waals surface area (Å²) in [6.45, 7) is 6.14. The van der Waals surface area contributed by atoms with Crippen molar-refractivity contribution in [3.8, 4) is 0 Å². The molecular formula is C19H26N4. The number of hydrogen-bond acceptors (Lipinski definition) is 4. The molecule has 23 heavy (non-hydrogen) atoms. The third-order valence-corrected chi connectivity index (χ3v) is 5.56. The summed E-state index contributed by atoms with van der Waals surface area (Å²) in [5, 5.41) is 8.70. The Morgan fingerprint density at radius 1 is 1.09 bits per heavy atom. The second-order valence-corrected chi connectivity index (χ2v) is 7.17. The summed E-state index contributed by atoms with van der Waals surface area (Å²) >= 11 is 0. The van der Waals surface area contributed by atoms with Gasteiger partial charge in [0.25, 0.3) is 0 Å². The minimum atomic E-state index is 0.460. The molecule has 0 aromatic rings. The van der Waals surface area contributed by atoms with Gasteiger partial charge in [0.15, 0.2) is 0 Å². The van der Waals surface area contributed by atoms with E-state index in [2.05, 4.69) is 57.5 Å². The molecule has 1 saturated heterocycles. The van der Waals surface area contributed by atoms with Crippen LogP contribution in [-0.2, 0) is 0 Å². The molecule has 0 radical (unpaired) electrons. The molecule has 2 heterocycles. The van der Waals surface area contributed by atoms with E-state index in [1.54, 1.807) is 0 Å². The van der Waals surface area contributed by atoms with Gasteiger partial charge in [-0.25, -0.2) is 0 Å². The van der Waals surface area contributed by atoms with E-state index in [4.69, 9.17) is 0 Å². The Labute approximate surface area is 138 Å². The first-order chi connectivity index (χ1) is 11.3. The zero-order valence-corrected chi connectivity index (χ0v) is 14.0. The van der Waals surface area contributed by atoms with E-state index in [-0.39, 0.29) is 0 Å². The third kappa shape index (κ3) is 3.24. The van der Waals surface area contributed by atoms with Gasteiger partial charge in [-0.3, -0.25) is 0 Å². The number of likely N-dealkylation sites (N-methyl/N-ethyl adjacent to an activating group) is 1. The lowest BCUT2D eigenvalue weighted by Crippen LogP contribution is -2.44. The first-order valence-electron chi connectivity index (χ1n) is 8.93. The zero-order chi connectivity index (χ0) is 15.6. The Balaban J connectivity index is 1.30. The molecule has 0 spiro atoms. The van der Waals surface area contributed by atoms with Gasteiger partial charge in [0.05, 0.1) is 11.4 Å². The molecule has 4 nitrogen and oxygen atoms in total. The largest absolute Gasteiger partial charge is 0.304 e. The molecule has 0 N–H and O–H groups in total. The average molecular weight is 310 g/mol. The maximum Gasteiger partial charge on any atom is 0.0948 e. The number of hydrogen-bond donors (Lipinski definition) is 0. The Kier molecular flexibility index (Phi) is 4.27. The molecular weight excluding hydrogens is 284 g/mol. The molecule has 2 atom stereocenters. The fourth-order valence-electron chi connectivity index (χ4n) is 3.92. The molecule has 4 rings (SSSR count). The highest BCUT2D eigenvalue weighted by Gasteiger charge is 2.26. The number of allylic oxidation sites excluding steroid dienone is 5. The molecule has 1 fully saturated rings. The van der Waals surface area contributed by atoms with Crippen LogP contribution >= 0.6 is 0 Å². The van der Waals surface area contributed by atoms with Crippen LogP contribution in [0.1, 0.15) is 19.3 Å². The predicted octanol–water partition coefficient (Wildman–Crippen LogP) is 3.38. The monoisotopic (exact) mass is 310 g/mol. The van der Waals surface area contributed by atoms with Gasteiger partial charge in [0.2, 0.25) is 0 Å². The molecule has 2 aliphatic carbocycles. The van der Waals surface area contributed by atoms with Crippen molar-refractivity contribution in [2.24, 2.45) is 22.1 Å². The van der Waals surface area contributed by atoms with Crippen molar-refractivity contribution in [1.29, 1.82) is 0 Å². The highest BCUT2D eigenvalue weighted by Crippen LogP contribution is 2.39. The van der Waals surface area contributed by atoms with Crippen molar-refractivity contribution >= 4 is 0 Å². The van der Waals surface area contributed by atoms with Gasteiger partial charge in [-0.05, 0) is 44.8 Å². The van der Waals surface area contributed by atoms with Crippen molar-refractivity contribution in [3.05, 3.63) is 47.3 Å². The minimum Gasteiger partial charge on any atom is -0.304 e. The summed E-state index contributed by atoms with van der Waals surface area (Å²) in [5.41, 5.74) is 3.47. The van der Waals surface area contributed by atoms with Crippen LogP contribution in [0.15, 0.2) is 57.6 Å². The average Bonchev–Trinajstić information content (AvgIpc) is 3.18. The van der Waals surface area contributed by atoms with E-state index in [1.165, 1.54) is 63.3 Å². The van der Waals surface area contributed by atoms with Crippen LogP contribution in [0.2, 0.25) is 0 Å². The van der Waals surface area contributed by atoms with Gasteiger partial charge in [-0.15, -0.1) is 0 Å². The Morgan fingerprint density at radius 2 is 1.96 bits per heavy atom. The highest BCUT2D eigenvalue weighted by molar-refractivity contribution is 5.53. The molecule has 0 aromatic carbocycles. The summed E-state index contributed by atoms with van der Waals surface area (Å²) in [6, 6.07) is 0. The van der Waals surface area contributed by atoms with Crippen LogP contribution in [0.4, 0.5) is 0 Å². The summed E-state index contributed by atoms with van der Waals surface area (Å²) in [5.74, 6) is 1.20. The lowest BCUT2D eigenvalue weighted by Gasteiger charge is -2.33. The zero-order valence-electron chi connectivity index (χ0n) is 14.0. The van der Waals surface area contributed by atoms with Crippen LogP contribution in [0.25, 0.3) is 0 Å². The van der Waals surface area contributed by atoms with Gasteiger partial charge in [0, 0.05) is 37.7 Å². The number of fused-ring (bicyclic) bond motifs is 1. The second kappa shape index (κ2) is 6.54. The molecule has 0 aromatic heterocycles. The number of azo groups is 1. The Bertz CT molecular complexity index is 603. The number of piperazine rings is 1. The summed E-state index contributed by atoms with van der Waals surface area (Å²) in [6.07, 6.45) is 14.9. The van der Waals surface area contributed by atoms with Crippen LogP contribution < -0.4 is 0 Å². The third-order valence-electron chi connectivity index (χ3n) is 5.56. The highest BCUT2D eigenvalue weighted by atomic mass is 15.2. The van der Waals surface area contributed by atoms with E-state index in [0.717, 1.165) is 11.6 Å². The van der Waals surface area contributed by atoms with Crippen LogP contribution in [-0.4, -0.2) is 49.6 Å². The molecule has 4 aliphatic rings. The number of nitrogens with zero attached hydrogens (tertiary/aromatic N) is 4. The van der Waals surface area contributed by atoms with Crippen molar-refractivity contribution < 1.29 is 0 Å². The minimum absolute atomic E-state index is 0.460. The number of rotatable bonds is 4. The van der Waals surface area contributed by atoms with E-state index >= 15 is 0 Å². The molecule has 122 valence electrons. The normalized spacial score (nSPS) is 31.1. The summed E-state index contributed by atoms with van der Waals surface area (Å²) in [7, 11) is 2.22. The smallest absolute Gasteiger partial charge is 0.0948 e. The van der Waals surface area contributed by atoms with Crippen molar-refractivity contribution in [2.75, 3.05) is 39.8 Å². The molecule has 0 bridgehead atoms. The topological polar surface area (TPSA) is 31.2 Å². The van der Waals surface area contributed by atoms with Gasteiger partial charge >= 0.3 is 0 Å². The molecule has 4 heteroatoms. The summed E-state index contributed by atoms with van der Waals surface area (Å²) in [4.78, 5) is 5.04. The van der Waals surface area contributed by atoms with Crippen molar-refractivity contribution in [1.82, 2.24) is 9.80 Å². The van der Waals surface area contributed by atoms with Gasteiger partial charge in [-0.2, -0.15) is 10.2 Å². The van der Waals surface area contributed by atoms with Crippen molar-refractivity contribution in [2.45, 2.75) is 19.3 Å². The molecule has 0 saturated carbocycles. The lowest BCUT2D eigenvalue weighted by atomic mass is 9.84. The first kappa shape index (κ1) is 15.0. The maximum atomic E-state index is 4.42. The second-order valence-electron chi connectivity index (χ2n) is 7.17. The van der Waals surface area contributed by atoms with Crippen molar-refractivity contribution in [3.63, 3.8) is 0 Å². The van der Waals surface area contributed by atoms with E-state index in [0.29, 0.717) is 5.92 Å². The van der Waals surface area contributed by atoms with Crippen LogP contribution in [0.5, 0.6) is 0 Å². The summed E-state index contributed by atoms with van der Waals surface area (Å²) < 4.78 is 0. The fourth-order valence-corrected chi connectivity index (χ4v) is 3.92. The van der Waals surface area contributed by atoms with E-state index in [9.17, 15) is 0 Å². The predicted molar refractivity (Wildman–Crippen MR) is 93.0 cm³/mol. The van der Waals surface area contributed by atoms with Crippen LogP contribution in [0, 0.1) is 11.8 Å². The molecule has 0 amide bonds. The fraction of sp³-hybridized carbons (Fsp3) is 0.579. The quantitative estimate of drug-likeness (QED) is 0.745. The lowest BCUT2D eigenvalue weighted by molar-refractivity contribution is 0.148. The standard InChI is InChI=1S/C19H26N4/c1-22-11-13-23(14-12-22)10-9-15-5-7-16(8-6-15)19-17-3-2-4-18(17)20-21-19/h2-5,7,15-16H,6,8-14H2,1H3. The Hall–Kier alpha value is -1.52. The molecule has 2 unspecified atom stereocenters. The van der Waals surface area contributed by atoms with Gasteiger partial charge in [0.1, 0.15) is 0 Å².